The first kappa shape index (κ1) is 13.1. The third kappa shape index (κ3) is 3.54. The maximum Gasteiger partial charge on any atom is 0.146 e. The molecule has 0 bridgehead atoms. The molecule has 21 heavy (non-hydrogen) atoms. The van der Waals surface area contributed by atoms with Gasteiger partial charge in [-0.15, -0.1) is 0 Å². The van der Waals surface area contributed by atoms with Gasteiger partial charge in [0.15, 0.2) is 0 Å². The van der Waals surface area contributed by atoms with Crippen LogP contribution in [0.4, 0.5) is 5.82 Å². The van der Waals surface area contributed by atoms with E-state index in [0.717, 1.165) is 22.3 Å². The molecule has 0 saturated heterocycles. The van der Waals surface area contributed by atoms with E-state index < -0.39 is 0 Å². The zero-order chi connectivity index (χ0) is 14.3. The summed E-state index contributed by atoms with van der Waals surface area (Å²) in [5, 5.41) is 5.26. The smallest absolute Gasteiger partial charge is 0.146 e. The van der Waals surface area contributed by atoms with Crippen molar-refractivity contribution in [3.05, 3.63) is 78.4 Å². The second kappa shape index (κ2) is 6.48. The first-order chi connectivity index (χ1) is 10.4. The Balaban J connectivity index is 1.63. The monoisotopic (exact) mass is 273 g/mol. The highest BCUT2D eigenvalue weighted by atomic mass is 15.3. The second-order valence-corrected chi connectivity index (χ2v) is 4.55. The third-order valence-corrected chi connectivity index (χ3v) is 3.03. The molecule has 3 heteroatoms. The zero-order valence-electron chi connectivity index (χ0n) is 11.5. The van der Waals surface area contributed by atoms with Crippen LogP contribution in [-0.4, -0.2) is 11.2 Å². The van der Waals surface area contributed by atoms with Gasteiger partial charge in [0.1, 0.15) is 5.82 Å². The van der Waals surface area contributed by atoms with Crippen LogP contribution in [-0.2, 0) is 0 Å². The molecule has 102 valence electrons. The van der Waals surface area contributed by atoms with Crippen molar-refractivity contribution < 1.29 is 0 Å². The van der Waals surface area contributed by atoms with E-state index in [2.05, 4.69) is 15.5 Å². The summed E-state index contributed by atoms with van der Waals surface area (Å²) in [4.78, 5) is 4.48. The van der Waals surface area contributed by atoms with Crippen molar-refractivity contribution in [1.82, 2.24) is 4.98 Å². The molecule has 0 aliphatic carbocycles. The van der Waals surface area contributed by atoms with Crippen LogP contribution >= 0.6 is 0 Å². The van der Waals surface area contributed by atoms with Gasteiger partial charge in [0.2, 0.25) is 0 Å². The minimum absolute atomic E-state index is 0.734. The normalized spacial score (nSPS) is 11.4. The fourth-order valence-electron chi connectivity index (χ4n) is 1.99. The molecule has 0 fully saturated rings. The molecule has 3 nitrogen and oxygen atoms in total. The van der Waals surface area contributed by atoms with E-state index in [1.807, 2.05) is 78.9 Å². The van der Waals surface area contributed by atoms with Gasteiger partial charge in [-0.05, 0) is 29.8 Å². The third-order valence-electron chi connectivity index (χ3n) is 3.03. The summed E-state index contributed by atoms with van der Waals surface area (Å²) in [7, 11) is 0. The molecule has 1 aromatic heterocycles. The van der Waals surface area contributed by atoms with Crippen molar-refractivity contribution in [2.45, 2.75) is 0 Å². The molecule has 1 heterocycles. The van der Waals surface area contributed by atoms with Gasteiger partial charge in [-0.25, -0.2) is 4.98 Å². The molecule has 0 aliphatic heterocycles. The van der Waals surface area contributed by atoms with Gasteiger partial charge < -0.3 is 0 Å². The topological polar surface area (TPSA) is 37.3 Å². The predicted octanol–water partition coefficient (Wildman–Crippen LogP) is 4.35. The Bertz CT molecular complexity index is 777. The minimum Gasteiger partial charge on any atom is -0.261 e. The lowest BCUT2D eigenvalue weighted by Crippen LogP contribution is -1.92. The number of para-hydroxylation sites is 1. The number of fused-ring (bicyclic) bond motifs is 1. The van der Waals surface area contributed by atoms with E-state index in [1.54, 1.807) is 6.21 Å². The van der Waals surface area contributed by atoms with Gasteiger partial charge in [-0.3, -0.25) is 5.43 Å². The summed E-state index contributed by atoms with van der Waals surface area (Å²) in [6.07, 6.45) is 5.60. The average molecular weight is 273 g/mol. The Morgan fingerprint density at radius 3 is 2.57 bits per heavy atom. The number of nitrogens with one attached hydrogen (secondary N) is 1. The summed E-state index contributed by atoms with van der Waals surface area (Å²) in [5.74, 6) is 0.734. The number of hydrogen-bond donors (Lipinski definition) is 1. The highest BCUT2D eigenvalue weighted by Gasteiger charge is 1.95. The fourth-order valence-corrected chi connectivity index (χ4v) is 1.99. The van der Waals surface area contributed by atoms with Crippen molar-refractivity contribution in [3.8, 4) is 0 Å². The molecule has 3 rings (SSSR count). The molecule has 0 saturated carbocycles. The van der Waals surface area contributed by atoms with E-state index >= 15 is 0 Å². The summed E-state index contributed by atoms with van der Waals surface area (Å²) in [5.41, 5.74) is 5.03. The van der Waals surface area contributed by atoms with E-state index in [9.17, 15) is 0 Å². The van der Waals surface area contributed by atoms with Gasteiger partial charge in [0.25, 0.3) is 0 Å². The first-order valence-corrected chi connectivity index (χ1v) is 6.78. The van der Waals surface area contributed by atoms with E-state index in [-0.39, 0.29) is 0 Å². The van der Waals surface area contributed by atoms with Gasteiger partial charge in [0.05, 0.1) is 5.52 Å². The van der Waals surface area contributed by atoms with Crippen LogP contribution in [0, 0.1) is 0 Å². The molecular formula is C18H15N3. The molecule has 0 amide bonds. The minimum atomic E-state index is 0.734. The molecule has 1 N–H and O–H groups in total. The molecular weight excluding hydrogens is 258 g/mol. The van der Waals surface area contributed by atoms with Crippen molar-refractivity contribution in [3.63, 3.8) is 0 Å². The Kier molecular flexibility index (Phi) is 4.03. The summed E-state index contributed by atoms with van der Waals surface area (Å²) >= 11 is 0. The standard InChI is InChI=1S/C18H15N3/c1-2-7-15(8-3-1)9-6-14-19-21-18-13-12-16-10-4-5-11-17(16)20-18/h1-14H,(H,20,21)/b9-6+,19-14+. The molecule has 0 radical (unpaired) electrons. The number of nitrogens with zero attached hydrogens (tertiary/aromatic N) is 2. The Labute approximate surface area is 123 Å². The van der Waals surface area contributed by atoms with Crippen molar-refractivity contribution in [2.75, 3.05) is 5.43 Å². The summed E-state index contributed by atoms with van der Waals surface area (Å²) < 4.78 is 0. The van der Waals surface area contributed by atoms with Gasteiger partial charge in [-0.1, -0.05) is 54.6 Å². The number of benzene rings is 2. The molecule has 2 aromatic carbocycles. The number of rotatable bonds is 4. The highest BCUT2D eigenvalue weighted by molar-refractivity contribution is 5.81. The number of aromatic nitrogens is 1. The predicted molar refractivity (Wildman–Crippen MR) is 89.3 cm³/mol. The molecule has 0 aliphatic rings. The maximum atomic E-state index is 4.48. The van der Waals surface area contributed by atoms with Crippen LogP contribution in [0.25, 0.3) is 17.0 Å². The maximum absolute atomic E-state index is 4.48. The Morgan fingerprint density at radius 1 is 0.857 bits per heavy atom. The van der Waals surface area contributed by atoms with Crippen molar-refractivity contribution >= 4 is 29.0 Å². The number of pyridine rings is 1. The lowest BCUT2D eigenvalue weighted by atomic mass is 10.2. The van der Waals surface area contributed by atoms with Crippen LogP contribution in [0.1, 0.15) is 5.56 Å². The van der Waals surface area contributed by atoms with E-state index in [4.69, 9.17) is 0 Å². The van der Waals surface area contributed by atoms with Crippen LogP contribution in [0.2, 0.25) is 0 Å². The van der Waals surface area contributed by atoms with Crippen molar-refractivity contribution in [2.24, 2.45) is 5.10 Å². The van der Waals surface area contributed by atoms with Crippen LogP contribution < -0.4 is 5.43 Å². The van der Waals surface area contributed by atoms with E-state index in [0.29, 0.717) is 0 Å². The van der Waals surface area contributed by atoms with Crippen LogP contribution in [0.15, 0.2) is 77.9 Å². The summed E-state index contributed by atoms with van der Waals surface area (Å²) in [6.45, 7) is 0. The lowest BCUT2D eigenvalue weighted by molar-refractivity contribution is 1.27. The molecule has 0 unspecified atom stereocenters. The SMILES string of the molecule is C(=C\c1ccccc1)/C=N/Nc1ccc2ccccc2n1. The number of hydrogen-bond acceptors (Lipinski definition) is 3. The van der Waals surface area contributed by atoms with E-state index in [1.165, 1.54) is 0 Å². The fraction of sp³-hybridized carbons (Fsp3) is 0. The van der Waals surface area contributed by atoms with Crippen LogP contribution in [0.5, 0.6) is 0 Å². The quantitative estimate of drug-likeness (QED) is 0.567. The Morgan fingerprint density at radius 2 is 1.67 bits per heavy atom. The van der Waals surface area contributed by atoms with Crippen LogP contribution in [0.3, 0.4) is 0 Å². The Hall–Kier alpha value is -2.94. The zero-order valence-corrected chi connectivity index (χ0v) is 11.5. The number of hydrazone groups is 1. The number of anilines is 1. The molecule has 0 spiro atoms. The van der Waals surface area contributed by atoms with Gasteiger partial charge in [0, 0.05) is 11.6 Å². The number of allylic oxidation sites excluding steroid dienone is 1. The summed E-state index contributed by atoms with van der Waals surface area (Å²) in [6, 6.07) is 22.1. The lowest BCUT2D eigenvalue weighted by Gasteiger charge is -2.01. The van der Waals surface area contributed by atoms with Gasteiger partial charge >= 0.3 is 0 Å². The average Bonchev–Trinajstić information content (AvgIpc) is 2.55. The second-order valence-electron chi connectivity index (χ2n) is 4.55. The molecule has 3 aromatic rings. The largest absolute Gasteiger partial charge is 0.261 e. The highest BCUT2D eigenvalue weighted by Crippen LogP contribution is 2.14. The van der Waals surface area contributed by atoms with Gasteiger partial charge in [-0.2, -0.15) is 5.10 Å². The van der Waals surface area contributed by atoms with Crippen molar-refractivity contribution in [1.29, 1.82) is 0 Å². The molecule has 0 atom stereocenters. The first-order valence-electron chi connectivity index (χ1n) is 6.78.